The maximum atomic E-state index is 5.52. The predicted molar refractivity (Wildman–Crippen MR) is 142 cm³/mol. The summed E-state index contributed by atoms with van der Waals surface area (Å²) in [4.78, 5) is 10.3. The molecule has 4 atom stereocenters. The number of piperidine rings is 1. The number of aromatic amines is 2. The van der Waals surface area contributed by atoms with Crippen LogP contribution in [0.1, 0.15) is 47.4 Å². The number of nitrogens with one attached hydrogen (secondary N) is 3. The van der Waals surface area contributed by atoms with Gasteiger partial charge in [-0.25, -0.2) is 0 Å². The molecule has 2 aromatic heterocycles. The lowest BCUT2D eigenvalue weighted by Gasteiger charge is -2.46. The predicted octanol–water partition coefficient (Wildman–Crippen LogP) is 5.66. The molecule has 5 nitrogen and oxygen atoms in total. The third kappa shape index (κ3) is 3.36. The van der Waals surface area contributed by atoms with Crippen molar-refractivity contribution in [2.24, 2.45) is 11.8 Å². The molecule has 5 heterocycles. The van der Waals surface area contributed by atoms with Gasteiger partial charge in [0.05, 0.1) is 13.2 Å². The Morgan fingerprint density at radius 3 is 2.74 bits per heavy atom. The van der Waals surface area contributed by atoms with E-state index in [1.165, 1.54) is 50.7 Å². The quantitative estimate of drug-likeness (QED) is 0.340. The van der Waals surface area contributed by atoms with Crippen LogP contribution in [0.3, 0.4) is 0 Å². The molecule has 0 saturated carbocycles. The summed E-state index contributed by atoms with van der Waals surface area (Å²) in [6.45, 7) is 7.53. The van der Waals surface area contributed by atoms with Crippen molar-refractivity contribution in [3.63, 3.8) is 0 Å². The monoisotopic (exact) mass is 466 g/mol. The summed E-state index contributed by atoms with van der Waals surface area (Å²) < 4.78 is 5.52. The molecule has 3 aliphatic heterocycles. The van der Waals surface area contributed by atoms with Crippen molar-refractivity contribution in [2.45, 2.75) is 37.8 Å². The van der Waals surface area contributed by atoms with Gasteiger partial charge in [-0.05, 0) is 79.5 Å². The minimum atomic E-state index is 0.375. The van der Waals surface area contributed by atoms with Gasteiger partial charge in [0.15, 0.2) is 0 Å². The fraction of sp³-hybridized carbons (Fsp3) is 0.400. The highest BCUT2D eigenvalue weighted by Gasteiger charge is 2.40. The van der Waals surface area contributed by atoms with Crippen molar-refractivity contribution in [3.8, 4) is 5.75 Å². The Balaban J connectivity index is 1.21. The topological polar surface area (TPSA) is 56.1 Å². The molecular formula is C30H34N4O. The third-order valence-electron chi connectivity index (χ3n) is 8.95. The first kappa shape index (κ1) is 21.3. The average molecular weight is 467 g/mol. The number of ether oxygens (including phenoxy) is 1. The van der Waals surface area contributed by atoms with Crippen LogP contribution >= 0.6 is 0 Å². The van der Waals surface area contributed by atoms with E-state index in [4.69, 9.17) is 4.74 Å². The second-order valence-electron chi connectivity index (χ2n) is 10.6. The lowest BCUT2D eigenvalue weighted by atomic mass is 9.75. The number of H-pyrrole nitrogens is 2. The first-order chi connectivity index (χ1) is 17.2. The summed E-state index contributed by atoms with van der Waals surface area (Å²) in [6, 6.07) is 16.0. The fourth-order valence-electron chi connectivity index (χ4n) is 7.19. The molecule has 4 aromatic rings. The molecule has 7 rings (SSSR count). The average Bonchev–Trinajstić information content (AvgIpc) is 3.47. The van der Waals surface area contributed by atoms with Crippen LogP contribution in [0.15, 0.2) is 55.1 Å². The highest BCUT2D eigenvalue weighted by atomic mass is 16.5. The van der Waals surface area contributed by atoms with Gasteiger partial charge in [0.1, 0.15) is 5.75 Å². The van der Waals surface area contributed by atoms with Crippen LogP contribution < -0.4 is 10.1 Å². The van der Waals surface area contributed by atoms with Gasteiger partial charge in [-0.2, -0.15) is 0 Å². The molecule has 0 unspecified atom stereocenters. The molecule has 35 heavy (non-hydrogen) atoms. The molecule has 5 heteroatoms. The van der Waals surface area contributed by atoms with Crippen LogP contribution in [0, 0.1) is 11.8 Å². The van der Waals surface area contributed by atoms with Gasteiger partial charge in [-0.3, -0.25) is 4.90 Å². The van der Waals surface area contributed by atoms with E-state index in [2.05, 4.69) is 75.3 Å². The molecule has 0 bridgehead atoms. The zero-order valence-electron chi connectivity index (χ0n) is 20.4. The van der Waals surface area contributed by atoms with Gasteiger partial charge in [-0.15, -0.1) is 6.58 Å². The zero-order chi connectivity index (χ0) is 23.5. The Morgan fingerprint density at radius 2 is 1.86 bits per heavy atom. The molecule has 0 aliphatic carbocycles. The highest BCUT2D eigenvalue weighted by Crippen LogP contribution is 2.46. The van der Waals surface area contributed by atoms with Crippen molar-refractivity contribution >= 4 is 21.8 Å². The van der Waals surface area contributed by atoms with Crippen molar-refractivity contribution in [1.29, 1.82) is 0 Å². The van der Waals surface area contributed by atoms with Gasteiger partial charge in [0.2, 0.25) is 0 Å². The van der Waals surface area contributed by atoms with E-state index in [1.807, 2.05) is 0 Å². The van der Waals surface area contributed by atoms with Crippen molar-refractivity contribution in [2.75, 3.05) is 26.7 Å². The Bertz CT molecular complexity index is 1410. The number of hydrogen-bond acceptors (Lipinski definition) is 3. The summed E-state index contributed by atoms with van der Waals surface area (Å²) >= 11 is 0. The minimum Gasteiger partial charge on any atom is -0.497 e. The maximum Gasteiger partial charge on any atom is 0.119 e. The van der Waals surface area contributed by atoms with E-state index in [0.717, 1.165) is 44.6 Å². The Kier molecular flexibility index (Phi) is 5.04. The summed E-state index contributed by atoms with van der Waals surface area (Å²) in [5.74, 6) is 2.05. The molecule has 3 N–H and O–H groups in total. The molecule has 180 valence electrons. The molecule has 0 amide bonds. The van der Waals surface area contributed by atoms with Crippen LogP contribution in [-0.2, 0) is 12.8 Å². The van der Waals surface area contributed by atoms with E-state index in [-0.39, 0.29) is 0 Å². The standard InChI is InChI=1S/C30H34N4O/c1-3-18-17-34-13-11-23-24-16-20(35-2)8-9-26(24)33-30(23)28(34)15-19(18)14-27-29-22(10-12-31-27)21-6-4-5-7-25(21)32-29/h3-9,16,18-19,27-28,31-33H,1,10-15,17H2,2H3/t18-,19-,27-,28+/m0/s1. The number of methoxy groups -OCH3 is 1. The van der Waals surface area contributed by atoms with E-state index in [1.54, 1.807) is 7.11 Å². The van der Waals surface area contributed by atoms with E-state index >= 15 is 0 Å². The van der Waals surface area contributed by atoms with Crippen LogP contribution in [-0.4, -0.2) is 41.6 Å². The van der Waals surface area contributed by atoms with Crippen LogP contribution in [0.5, 0.6) is 5.75 Å². The fourth-order valence-corrected chi connectivity index (χ4v) is 7.19. The summed E-state index contributed by atoms with van der Waals surface area (Å²) in [7, 11) is 1.75. The summed E-state index contributed by atoms with van der Waals surface area (Å²) in [6.07, 6.45) is 6.73. The number of aromatic nitrogens is 2. The normalized spacial score (nSPS) is 26.3. The smallest absolute Gasteiger partial charge is 0.119 e. The summed E-state index contributed by atoms with van der Waals surface area (Å²) in [5, 5.41) is 6.58. The molecule has 3 aliphatic rings. The first-order valence-electron chi connectivity index (χ1n) is 13.1. The van der Waals surface area contributed by atoms with E-state index in [0.29, 0.717) is 23.9 Å². The SMILES string of the molecule is C=C[C@H]1CN2CCc3c([nH]c4ccc(OC)cc34)[C@H]2C[C@@H]1C[C@@H]1NCCc2c1[nH]c1ccccc21. The van der Waals surface area contributed by atoms with Gasteiger partial charge in [0, 0.05) is 52.3 Å². The van der Waals surface area contributed by atoms with Gasteiger partial charge < -0.3 is 20.0 Å². The number of benzene rings is 2. The Hall–Kier alpha value is -3.02. The second-order valence-corrected chi connectivity index (χ2v) is 10.6. The number of rotatable bonds is 4. The molecule has 1 saturated heterocycles. The van der Waals surface area contributed by atoms with E-state index in [9.17, 15) is 0 Å². The lowest BCUT2D eigenvalue weighted by molar-refractivity contribution is 0.0623. The van der Waals surface area contributed by atoms with Crippen molar-refractivity contribution in [1.82, 2.24) is 20.2 Å². The summed E-state index contributed by atoms with van der Waals surface area (Å²) in [5.41, 5.74) is 8.34. The van der Waals surface area contributed by atoms with Crippen LogP contribution in [0.4, 0.5) is 0 Å². The highest BCUT2D eigenvalue weighted by molar-refractivity contribution is 5.87. The molecular weight excluding hydrogens is 432 g/mol. The van der Waals surface area contributed by atoms with Crippen LogP contribution in [0.2, 0.25) is 0 Å². The van der Waals surface area contributed by atoms with Gasteiger partial charge in [0.25, 0.3) is 0 Å². The molecule has 2 aromatic carbocycles. The Morgan fingerprint density at radius 1 is 1.03 bits per heavy atom. The zero-order valence-corrected chi connectivity index (χ0v) is 20.4. The van der Waals surface area contributed by atoms with Crippen LogP contribution in [0.25, 0.3) is 21.8 Å². The first-order valence-corrected chi connectivity index (χ1v) is 13.1. The third-order valence-corrected chi connectivity index (χ3v) is 8.95. The maximum absolute atomic E-state index is 5.52. The lowest BCUT2D eigenvalue weighted by Crippen LogP contribution is -2.46. The number of fused-ring (bicyclic) bond motifs is 8. The van der Waals surface area contributed by atoms with Gasteiger partial charge in [-0.1, -0.05) is 24.3 Å². The number of hydrogen-bond donors (Lipinski definition) is 3. The van der Waals surface area contributed by atoms with E-state index < -0.39 is 0 Å². The van der Waals surface area contributed by atoms with Crippen molar-refractivity contribution < 1.29 is 4.74 Å². The minimum absolute atomic E-state index is 0.375. The van der Waals surface area contributed by atoms with Gasteiger partial charge >= 0.3 is 0 Å². The van der Waals surface area contributed by atoms with Crippen molar-refractivity contribution in [3.05, 3.63) is 77.6 Å². The second kappa shape index (κ2) is 8.28. The number of nitrogens with zero attached hydrogens (tertiary/aromatic N) is 1. The molecule has 0 radical (unpaired) electrons. The largest absolute Gasteiger partial charge is 0.497 e. The number of para-hydroxylation sites is 1. The Labute approximate surface area is 206 Å². The molecule has 1 fully saturated rings. The molecule has 0 spiro atoms.